The van der Waals surface area contributed by atoms with E-state index in [1.807, 2.05) is 4.90 Å². The van der Waals surface area contributed by atoms with Gasteiger partial charge in [-0.1, -0.05) is 30.3 Å². The van der Waals surface area contributed by atoms with E-state index in [0.29, 0.717) is 5.56 Å². The van der Waals surface area contributed by atoms with Crippen LogP contribution >= 0.6 is 0 Å². The van der Waals surface area contributed by atoms with Crippen LogP contribution in [-0.2, 0) is 17.4 Å². The first kappa shape index (κ1) is 19.9. The predicted molar refractivity (Wildman–Crippen MR) is 91.0 cm³/mol. The summed E-state index contributed by atoms with van der Waals surface area (Å²) in [5.74, 6) is -0.766. The van der Waals surface area contributed by atoms with Gasteiger partial charge in [0.05, 0.1) is 18.0 Å². The first-order valence-corrected chi connectivity index (χ1v) is 8.01. The Bertz CT molecular complexity index is 759. The van der Waals surface area contributed by atoms with Gasteiger partial charge in [0.1, 0.15) is 5.82 Å². The number of nitrogens with zero attached hydrogens (tertiary/aromatic N) is 1. The van der Waals surface area contributed by atoms with Crippen LogP contribution in [0.25, 0.3) is 0 Å². The highest BCUT2D eigenvalue weighted by atomic mass is 19.4. The SMILES string of the molecule is CN(C)C(CNC(=O)Cc1cccc(C(F)(F)F)c1)c1cccc(F)c1. The van der Waals surface area contributed by atoms with Crippen LogP contribution in [0.3, 0.4) is 0 Å². The Hall–Kier alpha value is -2.41. The zero-order valence-electron chi connectivity index (χ0n) is 14.5. The molecule has 2 aromatic rings. The molecule has 2 rings (SSSR count). The molecule has 0 aliphatic heterocycles. The number of benzene rings is 2. The number of hydrogen-bond donors (Lipinski definition) is 1. The second-order valence-electron chi connectivity index (χ2n) is 6.21. The zero-order valence-corrected chi connectivity index (χ0v) is 14.5. The van der Waals surface area contributed by atoms with Gasteiger partial charge >= 0.3 is 6.18 Å². The molecular formula is C19H20F4N2O. The number of nitrogens with one attached hydrogen (secondary N) is 1. The molecule has 0 aliphatic carbocycles. The van der Waals surface area contributed by atoms with Gasteiger partial charge in [0.15, 0.2) is 0 Å². The molecule has 140 valence electrons. The molecule has 7 heteroatoms. The highest BCUT2D eigenvalue weighted by molar-refractivity contribution is 5.78. The van der Waals surface area contributed by atoms with E-state index in [1.54, 1.807) is 26.2 Å². The molecule has 3 nitrogen and oxygen atoms in total. The zero-order chi connectivity index (χ0) is 19.3. The Labute approximate surface area is 149 Å². The topological polar surface area (TPSA) is 32.3 Å². The molecule has 1 atom stereocenters. The maximum absolute atomic E-state index is 13.4. The lowest BCUT2D eigenvalue weighted by Crippen LogP contribution is -2.35. The first-order chi connectivity index (χ1) is 12.2. The second-order valence-corrected chi connectivity index (χ2v) is 6.21. The van der Waals surface area contributed by atoms with Crippen molar-refractivity contribution in [1.82, 2.24) is 10.2 Å². The summed E-state index contributed by atoms with van der Waals surface area (Å²) in [4.78, 5) is 13.9. The molecule has 0 saturated carbocycles. The minimum atomic E-state index is -4.44. The van der Waals surface area contributed by atoms with Gasteiger partial charge in [0.2, 0.25) is 5.91 Å². The van der Waals surface area contributed by atoms with E-state index < -0.39 is 17.6 Å². The number of likely N-dealkylation sites (N-methyl/N-ethyl adjacent to an activating group) is 1. The Morgan fingerprint density at radius 1 is 1.12 bits per heavy atom. The highest BCUT2D eigenvalue weighted by Gasteiger charge is 2.30. The van der Waals surface area contributed by atoms with Crippen molar-refractivity contribution in [1.29, 1.82) is 0 Å². The summed E-state index contributed by atoms with van der Waals surface area (Å²) < 4.78 is 51.6. The number of halogens is 4. The molecule has 0 fully saturated rings. The molecule has 0 bridgehead atoms. The molecule has 2 aromatic carbocycles. The fraction of sp³-hybridized carbons (Fsp3) is 0.316. The average Bonchev–Trinajstić information content (AvgIpc) is 2.54. The number of rotatable bonds is 6. The maximum atomic E-state index is 13.4. The lowest BCUT2D eigenvalue weighted by Gasteiger charge is -2.25. The Morgan fingerprint density at radius 2 is 1.81 bits per heavy atom. The molecular weight excluding hydrogens is 348 g/mol. The van der Waals surface area contributed by atoms with Gasteiger partial charge in [0, 0.05) is 6.54 Å². The van der Waals surface area contributed by atoms with Crippen molar-refractivity contribution in [2.24, 2.45) is 0 Å². The third kappa shape index (κ3) is 5.56. The molecule has 0 radical (unpaired) electrons. The molecule has 1 amide bonds. The largest absolute Gasteiger partial charge is 0.416 e. The normalized spacial score (nSPS) is 12.9. The van der Waals surface area contributed by atoms with E-state index in [-0.39, 0.29) is 30.4 Å². The quantitative estimate of drug-likeness (QED) is 0.787. The number of carbonyl (C=O) groups excluding carboxylic acids is 1. The van der Waals surface area contributed by atoms with Gasteiger partial charge in [-0.15, -0.1) is 0 Å². The van der Waals surface area contributed by atoms with Gasteiger partial charge in [-0.3, -0.25) is 4.79 Å². The summed E-state index contributed by atoms with van der Waals surface area (Å²) in [6.07, 6.45) is -4.60. The van der Waals surface area contributed by atoms with Crippen molar-refractivity contribution < 1.29 is 22.4 Å². The van der Waals surface area contributed by atoms with Crippen LogP contribution < -0.4 is 5.32 Å². The lowest BCUT2D eigenvalue weighted by molar-refractivity contribution is -0.137. The van der Waals surface area contributed by atoms with E-state index in [9.17, 15) is 22.4 Å². The molecule has 0 aromatic heterocycles. The number of amides is 1. The molecule has 1 unspecified atom stereocenters. The van der Waals surface area contributed by atoms with Crippen LogP contribution in [0, 0.1) is 5.82 Å². The van der Waals surface area contributed by atoms with Crippen molar-refractivity contribution in [3.8, 4) is 0 Å². The predicted octanol–water partition coefficient (Wildman–Crippen LogP) is 3.81. The minimum absolute atomic E-state index is 0.160. The monoisotopic (exact) mass is 368 g/mol. The summed E-state index contributed by atoms with van der Waals surface area (Å²) in [5, 5.41) is 2.70. The van der Waals surface area contributed by atoms with E-state index in [2.05, 4.69) is 5.32 Å². The van der Waals surface area contributed by atoms with Crippen LogP contribution in [-0.4, -0.2) is 31.4 Å². The maximum Gasteiger partial charge on any atom is 0.416 e. The van der Waals surface area contributed by atoms with Crippen LogP contribution in [0.2, 0.25) is 0 Å². The molecule has 0 aliphatic rings. The molecule has 1 N–H and O–H groups in total. The van der Waals surface area contributed by atoms with Gasteiger partial charge < -0.3 is 10.2 Å². The first-order valence-electron chi connectivity index (χ1n) is 8.01. The van der Waals surface area contributed by atoms with Gasteiger partial charge in [0.25, 0.3) is 0 Å². The fourth-order valence-electron chi connectivity index (χ4n) is 2.63. The van der Waals surface area contributed by atoms with Gasteiger partial charge in [-0.25, -0.2) is 4.39 Å². The third-order valence-electron chi connectivity index (χ3n) is 3.97. The summed E-state index contributed by atoms with van der Waals surface area (Å²) in [6.45, 7) is 0.217. The second kappa shape index (κ2) is 8.31. The Kier molecular flexibility index (Phi) is 6.37. The minimum Gasteiger partial charge on any atom is -0.354 e. The fourth-order valence-corrected chi connectivity index (χ4v) is 2.63. The summed E-state index contributed by atoms with van der Waals surface area (Å²) >= 11 is 0. The van der Waals surface area contributed by atoms with E-state index in [1.165, 1.54) is 24.3 Å². The number of hydrogen-bond acceptors (Lipinski definition) is 2. The van der Waals surface area contributed by atoms with Gasteiger partial charge in [-0.2, -0.15) is 13.2 Å². The molecule has 0 saturated heterocycles. The lowest BCUT2D eigenvalue weighted by atomic mass is 10.0. The number of alkyl halides is 3. The molecule has 0 spiro atoms. The van der Waals surface area contributed by atoms with E-state index in [0.717, 1.165) is 12.1 Å². The van der Waals surface area contributed by atoms with E-state index in [4.69, 9.17) is 0 Å². The van der Waals surface area contributed by atoms with Crippen molar-refractivity contribution in [3.05, 3.63) is 71.0 Å². The third-order valence-corrected chi connectivity index (χ3v) is 3.97. The highest BCUT2D eigenvalue weighted by Crippen LogP contribution is 2.29. The summed E-state index contributed by atoms with van der Waals surface area (Å²) in [7, 11) is 3.60. The average molecular weight is 368 g/mol. The molecule has 0 heterocycles. The van der Waals surface area contributed by atoms with Crippen molar-refractivity contribution in [2.75, 3.05) is 20.6 Å². The van der Waals surface area contributed by atoms with Gasteiger partial charge in [-0.05, 0) is 43.4 Å². The van der Waals surface area contributed by atoms with Crippen LogP contribution in [0.4, 0.5) is 17.6 Å². The van der Waals surface area contributed by atoms with Crippen LogP contribution in [0.5, 0.6) is 0 Å². The van der Waals surface area contributed by atoms with Crippen molar-refractivity contribution in [3.63, 3.8) is 0 Å². The number of carbonyl (C=O) groups is 1. The summed E-state index contributed by atoms with van der Waals surface area (Å²) in [5.41, 5.74) is 0.201. The van der Waals surface area contributed by atoms with Crippen molar-refractivity contribution >= 4 is 5.91 Å². The Morgan fingerprint density at radius 3 is 2.42 bits per heavy atom. The smallest absolute Gasteiger partial charge is 0.354 e. The standard InChI is InChI=1S/C19H20F4N2O/c1-25(2)17(14-6-4-8-16(20)11-14)12-24-18(26)10-13-5-3-7-15(9-13)19(21,22)23/h3-9,11,17H,10,12H2,1-2H3,(H,24,26). The van der Waals surface area contributed by atoms with Crippen LogP contribution in [0.15, 0.2) is 48.5 Å². The Balaban J connectivity index is 2.01. The summed E-state index contributed by atoms with van der Waals surface area (Å²) in [6, 6.07) is 10.5. The molecule has 26 heavy (non-hydrogen) atoms. The van der Waals surface area contributed by atoms with E-state index >= 15 is 0 Å². The van der Waals surface area contributed by atoms with Crippen LogP contribution in [0.1, 0.15) is 22.7 Å². The van der Waals surface area contributed by atoms with Crippen molar-refractivity contribution in [2.45, 2.75) is 18.6 Å².